The van der Waals surface area contributed by atoms with Gasteiger partial charge in [0, 0.05) is 0 Å². The molecular weight excluding hydrogens is 158 g/mol. The smallest absolute Gasteiger partial charge is 0.330 e. The van der Waals surface area contributed by atoms with Gasteiger partial charge >= 0.3 is 58.2 Å². The normalized spacial score (nSPS) is 27.0. The van der Waals surface area contributed by atoms with Crippen molar-refractivity contribution in [1.82, 2.24) is 0 Å². The molecule has 1 aliphatic rings. The SMILES string of the molecule is CC(C)C1[CH-]C1.[Rb+]. The fourth-order valence-corrected chi connectivity index (χ4v) is 0.623. The molecule has 36 valence electrons. The summed E-state index contributed by atoms with van der Waals surface area (Å²) in [6.07, 6.45) is 3.74. The zero-order chi connectivity index (χ0) is 4.57. The molecule has 0 spiro atoms. The third-order valence-electron chi connectivity index (χ3n) is 1.36. The molecule has 1 saturated carbocycles. The van der Waals surface area contributed by atoms with Gasteiger partial charge in [-0.3, -0.25) is 0 Å². The summed E-state index contributed by atoms with van der Waals surface area (Å²) in [5, 5.41) is 0. The molecule has 0 heterocycles. The Balaban J connectivity index is 0.000000360. The van der Waals surface area contributed by atoms with Crippen LogP contribution in [0.4, 0.5) is 0 Å². The molecule has 0 nitrogen and oxygen atoms in total. The van der Waals surface area contributed by atoms with Crippen LogP contribution in [-0.2, 0) is 0 Å². The van der Waals surface area contributed by atoms with Crippen LogP contribution in [0.15, 0.2) is 0 Å². The summed E-state index contributed by atoms with van der Waals surface area (Å²) in [6.45, 7) is 4.54. The second kappa shape index (κ2) is 3.76. The van der Waals surface area contributed by atoms with Crippen LogP contribution >= 0.6 is 0 Å². The van der Waals surface area contributed by atoms with E-state index in [1.807, 2.05) is 0 Å². The molecule has 1 aliphatic carbocycles. The fourth-order valence-electron chi connectivity index (χ4n) is 0.623. The zero-order valence-corrected chi connectivity index (χ0v) is 10.4. The van der Waals surface area contributed by atoms with Crippen LogP contribution in [0.1, 0.15) is 20.3 Å². The minimum absolute atomic E-state index is 0. The average molecular weight is 169 g/mol. The van der Waals surface area contributed by atoms with Gasteiger partial charge in [0.2, 0.25) is 0 Å². The Kier molecular flexibility index (Phi) is 4.73. The molecule has 0 bridgehead atoms. The summed E-state index contributed by atoms with van der Waals surface area (Å²) >= 11 is 0. The molecule has 1 rings (SSSR count). The number of hydrogen-bond donors (Lipinski definition) is 0. The van der Waals surface area contributed by atoms with E-state index in [0.717, 1.165) is 11.8 Å². The van der Waals surface area contributed by atoms with Gasteiger partial charge in [-0.2, -0.15) is 5.92 Å². The molecule has 0 aromatic heterocycles. The Morgan fingerprint density at radius 2 is 2.00 bits per heavy atom. The molecule has 1 atom stereocenters. The first-order valence-corrected chi connectivity index (χ1v) is 2.64. The minimum atomic E-state index is 0. The minimum Gasteiger partial charge on any atom is -0.330 e. The molecule has 0 N–H and O–H groups in total. The predicted molar refractivity (Wildman–Crippen MR) is 27.2 cm³/mol. The molecule has 7 heavy (non-hydrogen) atoms. The van der Waals surface area contributed by atoms with Gasteiger partial charge in [0.05, 0.1) is 0 Å². The van der Waals surface area contributed by atoms with Crippen molar-refractivity contribution in [3.8, 4) is 0 Å². The number of hydrogen-bond acceptors (Lipinski definition) is 0. The Bertz CT molecular complexity index is 46.1. The molecule has 0 aromatic rings. The maximum absolute atomic E-state index is 2.37. The van der Waals surface area contributed by atoms with Crippen LogP contribution in [0.25, 0.3) is 0 Å². The maximum atomic E-state index is 2.37. The van der Waals surface area contributed by atoms with E-state index >= 15 is 0 Å². The Labute approximate surface area is 94.9 Å². The van der Waals surface area contributed by atoms with Gasteiger partial charge < -0.3 is 6.42 Å². The van der Waals surface area contributed by atoms with E-state index in [0.29, 0.717) is 0 Å². The van der Waals surface area contributed by atoms with Crippen molar-refractivity contribution in [2.45, 2.75) is 20.3 Å². The molecule has 1 unspecified atom stereocenters. The molecule has 0 aromatic carbocycles. The fraction of sp³-hybridized carbons (Fsp3) is 0.833. The molecule has 0 amide bonds. The van der Waals surface area contributed by atoms with E-state index < -0.39 is 0 Å². The summed E-state index contributed by atoms with van der Waals surface area (Å²) in [5.74, 6) is 1.88. The van der Waals surface area contributed by atoms with Gasteiger partial charge in [-0.25, -0.2) is 6.42 Å². The zero-order valence-electron chi connectivity index (χ0n) is 5.44. The van der Waals surface area contributed by atoms with Crippen LogP contribution in [0.3, 0.4) is 0 Å². The first kappa shape index (κ1) is 8.81. The Hall–Kier alpha value is 1.81. The quantitative estimate of drug-likeness (QED) is 0.435. The van der Waals surface area contributed by atoms with Crippen LogP contribution in [-0.4, -0.2) is 0 Å². The van der Waals surface area contributed by atoms with Gasteiger partial charge in [-0.15, -0.1) is 0 Å². The molecule has 0 saturated heterocycles. The van der Waals surface area contributed by atoms with Crippen molar-refractivity contribution < 1.29 is 58.2 Å². The standard InChI is InChI=1S/C6H11.Rb/c1-5(2)6-3-4-6;/h3,5-6H,4H2,1-2H3;/q-1;+1. The van der Waals surface area contributed by atoms with E-state index in [1.165, 1.54) is 6.42 Å². The average Bonchev–Trinajstić information content (AvgIpc) is 2.06. The Morgan fingerprint density at radius 3 is 2.00 bits per heavy atom. The second-order valence-electron chi connectivity index (χ2n) is 2.38. The molecular formula is C6H11Rb. The van der Waals surface area contributed by atoms with Gasteiger partial charge in [0.15, 0.2) is 0 Å². The monoisotopic (exact) mass is 168 g/mol. The van der Waals surface area contributed by atoms with E-state index in [1.54, 1.807) is 0 Å². The second-order valence-corrected chi connectivity index (χ2v) is 2.38. The van der Waals surface area contributed by atoms with Crippen LogP contribution in [0.5, 0.6) is 0 Å². The van der Waals surface area contributed by atoms with Crippen LogP contribution in [0, 0.1) is 18.3 Å². The maximum Gasteiger partial charge on any atom is 1.00 e. The molecule has 0 aliphatic heterocycles. The van der Waals surface area contributed by atoms with Crippen molar-refractivity contribution in [2.75, 3.05) is 0 Å². The summed E-state index contributed by atoms with van der Waals surface area (Å²) in [7, 11) is 0. The summed E-state index contributed by atoms with van der Waals surface area (Å²) < 4.78 is 0. The van der Waals surface area contributed by atoms with Gasteiger partial charge in [0.25, 0.3) is 0 Å². The third-order valence-corrected chi connectivity index (χ3v) is 1.36. The summed E-state index contributed by atoms with van der Waals surface area (Å²) in [6, 6.07) is 0. The van der Waals surface area contributed by atoms with Crippen LogP contribution < -0.4 is 58.2 Å². The Morgan fingerprint density at radius 1 is 1.57 bits per heavy atom. The third kappa shape index (κ3) is 3.39. The largest absolute Gasteiger partial charge is 1.00 e. The van der Waals surface area contributed by atoms with Gasteiger partial charge in [-0.05, 0) is 0 Å². The van der Waals surface area contributed by atoms with E-state index in [2.05, 4.69) is 20.3 Å². The van der Waals surface area contributed by atoms with Crippen LogP contribution in [0.2, 0.25) is 0 Å². The van der Waals surface area contributed by atoms with Crippen molar-refractivity contribution in [3.05, 3.63) is 6.42 Å². The van der Waals surface area contributed by atoms with E-state index in [-0.39, 0.29) is 58.2 Å². The van der Waals surface area contributed by atoms with Crippen molar-refractivity contribution in [2.24, 2.45) is 11.8 Å². The van der Waals surface area contributed by atoms with Crippen molar-refractivity contribution in [1.29, 1.82) is 0 Å². The molecule has 1 fully saturated rings. The topological polar surface area (TPSA) is 0 Å². The number of rotatable bonds is 1. The predicted octanol–water partition coefficient (Wildman–Crippen LogP) is -1.13. The van der Waals surface area contributed by atoms with E-state index in [9.17, 15) is 0 Å². The van der Waals surface area contributed by atoms with Gasteiger partial charge in [0.1, 0.15) is 0 Å². The summed E-state index contributed by atoms with van der Waals surface area (Å²) in [5.41, 5.74) is 0. The van der Waals surface area contributed by atoms with Gasteiger partial charge in [-0.1, -0.05) is 19.8 Å². The van der Waals surface area contributed by atoms with E-state index in [4.69, 9.17) is 0 Å². The first-order chi connectivity index (χ1) is 2.80. The van der Waals surface area contributed by atoms with Crippen molar-refractivity contribution >= 4 is 0 Å². The first-order valence-electron chi connectivity index (χ1n) is 2.64. The molecule has 0 radical (unpaired) electrons. The van der Waals surface area contributed by atoms with Crippen molar-refractivity contribution in [3.63, 3.8) is 0 Å². The molecule has 1 heteroatoms. The summed E-state index contributed by atoms with van der Waals surface area (Å²) in [4.78, 5) is 0.